The van der Waals surface area contributed by atoms with E-state index in [0.717, 1.165) is 19.1 Å². The molecule has 0 aliphatic heterocycles. The molecule has 7 heteroatoms. The molecule has 1 aliphatic rings. The van der Waals surface area contributed by atoms with E-state index < -0.39 is 21.2 Å². The van der Waals surface area contributed by atoms with Gasteiger partial charge in [-0.3, -0.25) is 9.48 Å². The van der Waals surface area contributed by atoms with E-state index in [4.69, 9.17) is 0 Å². The Morgan fingerprint density at radius 3 is 2.56 bits per heavy atom. The summed E-state index contributed by atoms with van der Waals surface area (Å²) in [4.78, 5) is 11.5. The first-order chi connectivity index (χ1) is 8.33. The van der Waals surface area contributed by atoms with Gasteiger partial charge in [0, 0.05) is 12.5 Å². The average molecular weight is 272 g/mol. The van der Waals surface area contributed by atoms with E-state index in [1.165, 1.54) is 17.1 Å². The van der Waals surface area contributed by atoms with E-state index >= 15 is 0 Å². The monoisotopic (exact) mass is 272 g/mol. The Bertz CT molecular complexity index is 555. The molecule has 0 bridgehead atoms. The van der Waals surface area contributed by atoms with Crippen molar-refractivity contribution in [3.63, 3.8) is 0 Å². The topological polar surface area (TPSA) is 89.3 Å². The maximum Gasteiger partial charge on any atom is 0.311 e. The van der Waals surface area contributed by atoms with Crippen LogP contribution in [-0.4, -0.2) is 35.5 Å². The Kier molecular flexibility index (Phi) is 3.18. The van der Waals surface area contributed by atoms with Gasteiger partial charge in [-0.25, -0.2) is 8.42 Å². The van der Waals surface area contributed by atoms with Crippen LogP contribution in [0.15, 0.2) is 17.3 Å². The van der Waals surface area contributed by atoms with Crippen molar-refractivity contribution in [2.24, 2.45) is 5.41 Å². The largest absolute Gasteiger partial charge is 0.481 e. The molecule has 1 fully saturated rings. The number of hydrogen-bond acceptors (Lipinski definition) is 4. The molecule has 6 nitrogen and oxygen atoms in total. The van der Waals surface area contributed by atoms with Crippen molar-refractivity contribution in [1.29, 1.82) is 0 Å². The minimum Gasteiger partial charge on any atom is -0.481 e. The molecule has 1 aliphatic carbocycles. The van der Waals surface area contributed by atoms with E-state index in [-0.39, 0.29) is 11.4 Å². The first kappa shape index (κ1) is 13.1. The number of sulfone groups is 1. The standard InChI is InChI=1S/C11H16N2O4S/c1-18(16,17)9-6-12-13(7-9)8-11(10(14)15)4-2-3-5-11/h6-7H,2-5,8H2,1H3,(H,14,15). The number of carboxylic acid groups (broad SMARTS) is 1. The molecule has 1 saturated carbocycles. The summed E-state index contributed by atoms with van der Waals surface area (Å²) in [6.45, 7) is 0.234. The maximum atomic E-state index is 11.4. The lowest BCUT2D eigenvalue weighted by Gasteiger charge is -2.23. The summed E-state index contributed by atoms with van der Waals surface area (Å²) < 4.78 is 24.1. The summed E-state index contributed by atoms with van der Waals surface area (Å²) in [7, 11) is -3.29. The van der Waals surface area contributed by atoms with Gasteiger partial charge < -0.3 is 5.11 Å². The van der Waals surface area contributed by atoms with Crippen molar-refractivity contribution >= 4 is 15.8 Å². The third-order valence-electron chi connectivity index (χ3n) is 3.52. The second kappa shape index (κ2) is 4.38. The van der Waals surface area contributed by atoms with Gasteiger partial charge in [0.1, 0.15) is 4.90 Å². The Morgan fingerprint density at radius 2 is 2.11 bits per heavy atom. The summed E-state index contributed by atoms with van der Waals surface area (Å²) in [6, 6.07) is 0. The second-order valence-corrected chi connectivity index (χ2v) is 6.95. The van der Waals surface area contributed by atoms with Gasteiger partial charge in [-0.15, -0.1) is 0 Å². The lowest BCUT2D eigenvalue weighted by atomic mass is 9.86. The summed E-state index contributed by atoms with van der Waals surface area (Å²) in [5.74, 6) is -0.823. The van der Waals surface area contributed by atoms with Crippen LogP contribution in [0, 0.1) is 5.41 Å². The van der Waals surface area contributed by atoms with Crippen LogP contribution in [0.25, 0.3) is 0 Å². The van der Waals surface area contributed by atoms with Gasteiger partial charge in [0.05, 0.1) is 18.2 Å². The van der Waals surface area contributed by atoms with Crippen molar-refractivity contribution in [3.8, 4) is 0 Å². The number of nitrogens with zero attached hydrogens (tertiary/aromatic N) is 2. The highest BCUT2D eigenvalue weighted by Gasteiger charge is 2.41. The molecule has 0 aromatic carbocycles. The molecular weight excluding hydrogens is 256 g/mol. The molecule has 1 heterocycles. The number of aliphatic carboxylic acids is 1. The van der Waals surface area contributed by atoms with Gasteiger partial charge in [-0.05, 0) is 12.8 Å². The van der Waals surface area contributed by atoms with Crippen LogP contribution in [0.5, 0.6) is 0 Å². The van der Waals surface area contributed by atoms with Crippen molar-refractivity contribution < 1.29 is 18.3 Å². The van der Waals surface area contributed by atoms with Crippen molar-refractivity contribution in [2.45, 2.75) is 37.1 Å². The fourth-order valence-corrected chi connectivity index (χ4v) is 2.98. The molecule has 1 aromatic heterocycles. The zero-order valence-corrected chi connectivity index (χ0v) is 11.0. The van der Waals surface area contributed by atoms with Crippen LogP contribution in [0.1, 0.15) is 25.7 Å². The molecule has 0 spiro atoms. The molecule has 0 atom stereocenters. The van der Waals surface area contributed by atoms with Crippen molar-refractivity contribution in [2.75, 3.05) is 6.26 Å². The minimum absolute atomic E-state index is 0.126. The Labute approximate surface area is 106 Å². The third kappa shape index (κ3) is 2.40. The maximum absolute atomic E-state index is 11.4. The first-order valence-corrected chi connectivity index (χ1v) is 7.69. The fraction of sp³-hybridized carbons (Fsp3) is 0.636. The third-order valence-corrected chi connectivity index (χ3v) is 4.58. The molecule has 0 radical (unpaired) electrons. The highest BCUT2D eigenvalue weighted by atomic mass is 32.2. The van der Waals surface area contributed by atoms with Crippen molar-refractivity contribution in [3.05, 3.63) is 12.4 Å². The fourth-order valence-electron chi connectivity index (χ4n) is 2.42. The lowest BCUT2D eigenvalue weighted by molar-refractivity contribution is -0.149. The van der Waals surface area contributed by atoms with E-state index in [1.54, 1.807) is 0 Å². The molecular formula is C11H16N2O4S. The quantitative estimate of drug-likeness (QED) is 0.880. The smallest absolute Gasteiger partial charge is 0.311 e. The predicted molar refractivity (Wildman–Crippen MR) is 63.9 cm³/mol. The number of aromatic nitrogens is 2. The lowest BCUT2D eigenvalue weighted by Crippen LogP contribution is -2.32. The van der Waals surface area contributed by atoms with Crippen LogP contribution in [0.4, 0.5) is 0 Å². The minimum atomic E-state index is -3.29. The molecule has 1 N–H and O–H groups in total. The van der Waals surface area contributed by atoms with E-state index in [1.807, 2.05) is 0 Å². The van der Waals surface area contributed by atoms with Gasteiger partial charge in [-0.1, -0.05) is 12.8 Å². The van der Waals surface area contributed by atoms with E-state index in [0.29, 0.717) is 12.8 Å². The van der Waals surface area contributed by atoms with Crippen LogP contribution in [-0.2, 0) is 21.2 Å². The molecule has 0 saturated heterocycles. The van der Waals surface area contributed by atoms with Gasteiger partial charge >= 0.3 is 5.97 Å². The zero-order chi connectivity index (χ0) is 13.4. The zero-order valence-electron chi connectivity index (χ0n) is 10.2. The highest BCUT2D eigenvalue weighted by Crippen LogP contribution is 2.39. The number of rotatable bonds is 4. The molecule has 0 unspecified atom stereocenters. The average Bonchev–Trinajstić information content (AvgIpc) is 2.86. The molecule has 0 amide bonds. The van der Waals surface area contributed by atoms with Gasteiger partial charge in [0.25, 0.3) is 0 Å². The summed E-state index contributed by atoms with van der Waals surface area (Å²) in [6.07, 6.45) is 6.81. The number of carboxylic acids is 1. The van der Waals surface area contributed by atoms with Gasteiger partial charge in [0.15, 0.2) is 9.84 Å². The first-order valence-electron chi connectivity index (χ1n) is 5.79. The molecule has 1 aromatic rings. The van der Waals surface area contributed by atoms with Crippen LogP contribution in [0.2, 0.25) is 0 Å². The van der Waals surface area contributed by atoms with Crippen molar-refractivity contribution in [1.82, 2.24) is 9.78 Å². The Morgan fingerprint density at radius 1 is 1.50 bits per heavy atom. The van der Waals surface area contributed by atoms with Gasteiger partial charge in [0.2, 0.25) is 0 Å². The summed E-state index contributed by atoms with van der Waals surface area (Å²) in [5, 5.41) is 13.3. The predicted octanol–water partition coefficient (Wildman–Crippen LogP) is 0.932. The highest BCUT2D eigenvalue weighted by molar-refractivity contribution is 7.90. The number of carbonyl (C=O) groups is 1. The molecule has 18 heavy (non-hydrogen) atoms. The molecule has 2 rings (SSSR count). The second-order valence-electron chi connectivity index (χ2n) is 4.94. The van der Waals surface area contributed by atoms with Crippen LogP contribution < -0.4 is 0 Å². The summed E-state index contributed by atoms with van der Waals surface area (Å²) in [5.41, 5.74) is -0.791. The van der Waals surface area contributed by atoms with Crippen LogP contribution >= 0.6 is 0 Å². The molecule has 100 valence electrons. The normalized spacial score (nSPS) is 18.9. The number of hydrogen-bond donors (Lipinski definition) is 1. The Balaban J connectivity index is 2.23. The van der Waals surface area contributed by atoms with E-state index in [9.17, 15) is 18.3 Å². The van der Waals surface area contributed by atoms with Gasteiger partial charge in [-0.2, -0.15) is 5.10 Å². The van der Waals surface area contributed by atoms with E-state index in [2.05, 4.69) is 5.10 Å². The summed E-state index contributed by atoms with van der Waals surface area (Å²) >= 11 is 0. The van der Waals surface area contributed by atoms with Crippen LogP contribution in [0.3, 0.4) is 0 Å². The Hall–Kier alpha value is -1.37. The SMILES string of the molecule is CS(=O)(=O)c1cnn(CC2(C(=O)O)CCCC2)c1.